The standard InChI is InChI=1S/C14H16N2O/c1-9(2)11-5-4-6-12(8-11)16-10(3)7-13(15)14(16)17/h4-6,8,13H,1,3,7,15H2,2H3. The molecule has 0 spiro atoms. The van der Waals surface area contributed by atoms with Gasteiger partial charge in [-0.2, -0.15) is 0 Å². The summed E-state index contributed by atoms with van der Waals surface area (Å²) >= 11 is 0. The van der Waals surface area contributed by atoms with Crippen LogP contribution in [0.5, 0.6) is 0 Å². The predicted octanol–water partition coefficient (Wildman–Crippen LogP) is 2.30. The summed E-state index contributed by atoms with van der Waals surface area (Å²) in [5.74, 6) is -0.0890. The third kappa shape index (κ3) is 2.01. The molecule has 1 atom stereocenters. The Balaban J connectivity index is 2.40. The Morgan fingerprint density at radius 2 is 2.24 bits per heavy atom. The van der Waals surface area contributed by atoms with Gasteiger partial charge in [-0.3, -0.25) is 9.69 Å². The average Bonchev–Trinajstić information content (AvgIpc) is 2.53. The molecule has 88 valence electrons. The number of allylic oxidation sites excluding steroid dienone is 1. The number of nitrogens with two attached hydrogens (primary N) is 1. The van der Waals surface area contributed by atoms with E-state index in [-0.39, 0.29) is 5.91 Å². The number of anilines is 1. The van der Waals surface area contributed by atoms with E-state index in [0.717, 1.165) is 22.5 Å². The minimum atomic E-state index is -0.462. The van der Waals surface area contributed by atoms with Crippen LogP contribution in [0.3, 0.4) is 0 Å². The smallest absolute Gasteiger partial charge is 0.248 e. The first-order valence-electron chi connectivity index (χ1n) is 5.54. The number of carbonyl (C=O) groups is 1. The Morgan fingerprint density at radius 3 is 2.76 bits per heavy atom. The zero-order chi connectivity index (χ0) is 12.6. The van der Waals surface area contributed by atoms with E-state index in [1.165, 1.54) is 0 Å². The molecule has 2 rings (SSSR count). The molecule has 0 saturated carbocycles. The van der Waals surface area contributed by atoms with Crippen molar-refractivity contribution in [2.75, 3.05) is 4.90 Å². The van der Waals surface area contributed by atoms with Crippen molar-refractivity contribution >= 4 is 17.2 Å². The van der Waals surface area contributed by atoms with E-state index in [1.54, 1.807) is 4.90 Å². The molecule has 1 aliphatic heterocycles. The highest BCUT2D eigenvalue weighted by Gasteiger charge is 2.32. The second-order valence-corrected chi connectivity index (χ2v) is 4.38. The number of hydrogen-bond donors (Lipinski definition) is 1. The van der Waals surface area contributed by atoms with Crippen molar-refractivity contribution in [2.24, 2.45) is 5.73 Å². The molecule has 1 unspecified atom stereocenters. The van der Waals surface area contributed by atoms with Gasteiger partial charge in [-0.15, -0.1) is 0 Å². The van der Waals surface area contributed by atoms with Gasteiger partial charge in [-0.1, -0.05) is 30.9 Å². The zero-order valence-corrected chi connectivity index (χ0v) is 9.94. The molecule has 1 saturated heterocycles. The summed E-state index contributed by atoms with van der Waals surface area (Å²) in [6.07, 6.45) is 0.524. The first-order chi connectivity index (χ1) is 8.00. The molecule has 1 aliphatic rings. The molecule has 0 aliphatic carbocycles. The highest BCUT2D eigenvalue weighted by Crippen LogP contribution is 2.29. The molecule has 1 aromatic carbocycles. The summed E-state index contributed by atoms with van der Waals surface area (Å²) in [5.41, 5.74) is 9.27. The van der Waals surface area contributed by atoms with Crippen LogP contribution in [0.2, 0.25) is 0 Å². The van der Waals surface area contributed by atoms with Crippen LogP contribution in [0.25, 0.3) is 5.57 Å². The van der Waals surface area contributed by atoms with E-state index in [0.29, 0.717) is 6.42 Å². The molecule has 3 heteroatoms. The second kappa shape index (κ2) is 4.18. The Morgan fingerprint density at radius 1 is 1.53 bits per heavy atom. The minimum Gasteiger partial charge on any atom is -0.320 e. The summed E-state index contributed by atoms with van der Waals surface area (Å²) < 4.78 is 0. The lowest BCUT2D eigenvalue weighted by Crippen LogP contribution is -2.33. The van der Waals surface area contributed by atoms with Crippen molar-refractivity contribution in [3.63, 3.8) is 0 Å². The topological polar surface area (TPSA) is 46.3 Å². The number of carbonyl (C=O) groups excluding carboxylic acids is 1. The fourth-order valence-electron chi connectivity index (χ4n) is 1.97. The van der Waals surface area contributed by atoms with Gasteiger partial charge in [-0.05, 0) is 24.6 Å². The summed E-state index contributed by atoms with van der Waals surface area (Å²) in [5, 5.41) is 0. The van der Waals surface area contributed by atoms with Crippen molar-refractivity contribution in [3.05, 3.63) is 48.7 Å². The predicted molar refractivity (Wildman–Crippen MR) is 70.4 cm³/mol. The molecule has 1 aromatic rings. The molecule has 2 N–H and O–H groups in total. The van der Waals surface area contributed by atoms with E-state index < -0.39 is 6.04 Å². The van der Waals surface area contributed by atoms with Crippen molar-refractivity contribution in [2.45, 2.75) is 19.4 Å². The molecule has 1 amide bonds. The van der Waals surface area contributed by atoms with Gasteiger partial charge in [0.15, 0.2) is 0 Å². The molecule has 1 fully saturated rings. The second-order valence-electron chi connectivity index (χ2n) is 4.38. The monoisotopic (exact) mass is 228 g/mol. The third-order valence-electron chi connectivity index (χ3n) is 2.91. The number of nitrogens with zero attached hydrogens (tertiary/aromatic N) is 1. The number of benzene rings is 1. The van der Waals surface area contributed by atoms with Crippen LogP contribution in [-0.2, 0) is 4.79 Å². The lowest BCUT2D eigenvalue weighted by molar-refractivity contribution is -0.118. The first-order valence-corrected chi connectivity index (χ1v) is 5.54. The first kappa shape index (κ1) is 11.6. The maximum Gasteiger partial charge on any atom is 0.248 e. The van der Waals surface area contributed by atoms with Crippen LogP contribution >= 0.6 is 0 Å². The van der Waals surface area contributed by atoms with Crippen LogP contribution in [0.4, 0.5) is 5.69 Å². The Bertz CT molecular complexity index is 505. The van der Waals surface area contributed by atoms with Crippen molar-refractivity contribution < 1.29 is 4.79 Å². The molecule has 0 radical (unpaired) electrons. The minimum absolute atomic E-state index is 0.0890. The number of hydrogen-bond acceptors (Lipinski definition) is 2. The fraction of sp³-hybridized carbons (Fsp3) is 0.214. The van der Waals surface area contributed by atoms with Gasteiger partial charge in [0.05, 0.1) is 6.04 Å². The summed E-state index contributed by atoms with van der Waals surface area (Å²) in [7, 11) is 0. The highest BCUT2D eigenvalue weighted by molar-refractivity contribution is 6.03. The molecule has 3 nitrogen and oxygen atoms in total. The zero-order valence-electron chi connectivity index (χ0n) is 9.94. The highest BCUT2D eigenvalue weighted by atomic mass is 16.2. The van der Waals surface area contributed by atoms with Crippen LogP contribution in [0.15, 0.2) is 43.1 Å². The maximum absolute atomic E-state index is 11.9. The molecule has 0 bridgehead atoms. The van der Waals surface area contributed by atoms with Crippen LogP contribution in [-0.4, -0.2) is 11.9 Å². The van der Waals surface area contributed by atoms with Gasteiger partial charge in [0.2, 0.25) is 5.91 Å². The van der Waals surface area contributed by atoms with Gasteiger partial charge < -0.3 is 5.73 Å². The Labute approximate surface area is 101 Å². The Kier molecular flexibility index (Phi) is 2.86. The van der Waals surface area contributed by atoms with E-state index in [2.05, 4.69) is 13.2 Å². The molecule has 0 aromatic heterocycles. The van der Waals surface area contributed by atoms with Gasteiger partial charge >= 0.3 is 0 Å². The summed E-state index contributed by atoms with van der Waals surface area (Å²) in [6, 6.07) is 7.23. The third-order valence-corrected chi connectivity index (χ3v) is 2.91. The van der Waals surface area contributed by atoms with Crippen molar-refractivity contribution in [1.82, 2.24) is 0 Å². The lowest BCUT2D eigenvalue weighted by Gasteiger charge is -2.18. The lowest BCUT2D eigenvalue weighted by atomic mass is 10.1. The fourth-order valence-corrected chi connectivity index (χ4v) is 1.97. The van der Waals surface area contributed by atoms with Crippen LogP contribution in [0, 0.1) is 0 Å². The molecule has 1 heterocycles. The van der Waals surface area contributed by atoms with Gasteiger partial charge in [0.1, 0.15) is 0 Å². The molecular formula is C14H16N2O. The Hall–Kier alpha value is -1.87. The largest absolute Gasteiger partial charge is 0.320 e. The van der Waals surface area contributed by atoms with E-state index in [9.17, 15) is 4.79 Å². The van der Waals surface area contributed by atoms with E-state index in [4.69, 9.17) is 5.73 Å². The average molecular weight is 228 g/mol. The summed E-state index contributed by atoms with van der Waals surface area (Å²) in [4.78, 5) is 13.5. The van der Waals surface area contributed by atoms with Gasteiger partial charge in [0.25, 0.3) is 0 Å². The SMILES string of the molecule is C=C(C)c1cccc(N2C(=C)CC(N)C2=O)c1. The van der Waals surface area contributed by atoms with E-state index >= 15 is 0 Å². The van der Waals surface area contributed by atoms with Gasteiger partial charge in [0, 0.05) is 17.8 Å². The van der Waals surface area contributed by atoms with Gasteiger partial charge in [-0.25, -0.2) is 0 Å². The number of amides is 1. The molecular weight excluding hydrogens is 212 g/mol. The van der Waals surface area contributed by atoms with Crippen LogP contribution in [0.1, 0.15) is 18.9 Å². The van der Waals surface area contributed by atoms with Crippen LogP contribution < -0.4 is 10.6 Å². The quantitative estimate of drug-likeness (QED) is 0.844. The molecule has 17 heavy (non-hydrogen) atoms. The maximum atomic E-state index is 11.9. The number of rotatable bonds is 2. The van der Waals surface area contributed by atoms with Crippen molar-refractivity contribution in [1.29, 1.82) is 0 Å². The summed E-state index contributed by atoms with van der Waals surface area (Å²) in [6.45, 7) is 9.72. The van der Waals surface area contributed by atoms with Crippen molar-refractivity contribution in [3.8, 4) is 0 Å². The normalized spacial score (nSPS) is 19.9. The van der Waals surface area contributed by atoms with E-state index in [1.807, 2.05) is 31.2 Å².